The molecule has 0 saturated carbocycles. The Kier molecular flexibility index (Phi) is 3.84. The van der Waals surface area contributed by atoms with E-state index < -0.39 is 0 Å². The summed E-state index contributed by atoms with van der Waals surface area (Å²) in [4.78, 5) is 13.3. The van der Waals surface area contributed by atoms with Crippen molar-refractivity contribution in [1.82, 2.24) is 5.32 Å². The maximum Gasteiger partial charge on any atom is 0.252 e. The average molecular weight is 253 g/mol. The second-order valence-electron chi connectivity index (χ2n) is 4.64. The van der Waals surface area contributed by atoms with Gasteiger partial charge < -0.3 is 10.1 Å². The van der Waals surface area contributed by atoms with E-state index in [9.17, 15) is 4.79 Å². The monoisotopic (exact) mass is 253 g/mol. The summed E-state index contributed by atoms with van der Waals surface area (Å²) >= 11 is 1.63. The summed E-state index contributed by atoms with van der Waals surface area (Å²) in [5.74, 6) is 0.0230. The van der Waals surface area contributed by atoms with Crippen molar-refractivity contribution >= 4 is 17.2 Å². The molecule has 2 heterocycles. The van der Waals surface area contributed by atoms with Crippen molar-refractivity contribution in [3.8, 4) is 0 Å². The Morgan fingerprint density at radius 1 is 1.59 bits per heavy atom. The first-order valence-corrected chi connectivity index (χ1v) is 6.94. The van der Waals surface area contributed by atoms with E-state index in [0.29, 0.717) is 0 Å². The molecule has 94 valence electrons. The predicted octanol–water partition coefficient (Wildman–Crippen LogP) is 2.66. The molecular weight excluding hydrogens is 234 g/mol. The average Bonchev–Trinajstić information content (AvgIpc) is 2.90. The summed E-state index contributed by atoms with van der Waals surface area (Å²) in [7, 11) is 0. The maximum atomic E-state index is 12.1. The fraction of sp³-hybridized carbons (Fsp3) is 0.615. The van der Waals surface area contributed by atoms with Crippen molar-refractivity contribution in [2.24, 2.45) is 0 Å². The van der Waals surface area contributed by atoms with Gasteiger partial charge in [-0.2, -0.15) is 0 Å². The highest BCUT2D eigenvalue weighted by Gasteiger charge is 2.24. The molecule has 17 heavy (non-hydrogen) atoms. The summed E-state index contributed by atoms with van der Waals surface area (Å²) in [5, 5.41) is 4.97. The number of rotatable bonds is 3. The van der Waals surface area contributed by atoms with Gasteiger partial charge in [-0.15, -0.1) is 11.3 Å². The van der Waals surface area contributed by atoms with E-state index in [1.807, 2.05) is 26.2 Å². The van der Waals surface area contributed by atoms with Crippen molar-refractivity contribution < 1.29 is 9.53 Å². The number of aryl methyl sites for hydroxylation is 1. The van der Waals surface area contributed by atoms with Crippen LogP contribution >= 0.6 is 11.3 Å². The van der Waals surface area contributed by atoms with E-state index in [1.165, 1.54) is 4.88 Å². The van der Waals surface area contributed by atoms with E-state index in [2.05, 4.69) is 5.32 Å². The molecule has 1 aromatic heterocycles. The number of ether oxygens (including phenoxy) is 1. The van der Waals surface area contributed by atoms with Crippen LogP contribution in [0.4, 0.5) is 0 Å². The van der Waals surface area contributed by atoms with Gasteiger partial charge in [-0.1, -0.05) is 0 Å². The van der Waals surface area contributed by atoms with Gasteiger partial charge >= 0.3 is 0 Å². The molecule has 0 aliphatic carbocycles. The molecule has 1 aliphatic heterocycles. The minimum absolute atomic E-state index is 0.0230. The van der Waals surface area contributed by atoms with Crippen molar-refractivity contribution in [3.05, 3.63) is 21.4 Å². The summed E-state index contributed by atoms with van der Waals surface area (Å²) < 4.78 is 5.57. The standard InChI is InChI=1S/C13H19NO2S/c1-8-10(3)17-7-11(8)13(15)14-9(2)12-5-4-6-16-12/h7,9,12H,4-6H2,1-3H3,(H,14,15). The van der Waals surface area contributed by atoms with Crippen LogP contribution in [0.3, 0.4) is 0 Å². The number of carbonyl (C=O) groups excluding carboxylic acids is 1. The lowest BCUT2D eigenvalue weighted by Crippen LogP contribution is -2.40. The second kappa shape index (κ2) is 5.19. The van der Waals surface area contributed by atoms with Crippen molar-refractivity contribution in [3.63, 3.8) is 0 Å². The molecule has 2 atom stereocenters. The van der Waals surface area contributed by atoms with Gasteiger partial charge in [0.25, 0.3) is 5.91 Å². The molecule has 0 aromatic carbocycles. The lowest BCUT2D eigenvalue weighted by molar-refractivity contribution is 0.0712. The molecule has 0 radical (unpaired) electrons. The van der Waals surface area contributed by atoms with Gasteiger partial charge in [-0.25, -0.2) is 0 Å². The zero-order valence-corrected chi connectivity index (χ0v) is 11.4. The van der Waals surface area contributed by atoms with E-state index in [0.717, 1.165) is 30.6 Å². The fourth-order valence-corrected chi connectivity index (χ4v) is 2.98. The van der Waals surface area contributed by atoms with Crippen LogP contribution in [0.5, 0.6) is 0 Å². The molecule has 1 saturated heterocycles. The number of hydrogen-bond acceptors (Lipinski definition) is 3. The maximum absolute atomic E-state index is 12.1. The Morgan fingerprint density at radius 3 is 2.88 bits per heavy atom. The van der Waals surface area contributed by atoms with Crippen molar-refractivity contribution in [2.45, 2.75) is 45.8 Å². The van der Waals surface area contributed by atoms with Gasteiger partial charge in [-0.3, -0.25) is 4.79 Å². The number of carbonyl (C=O) groups is 1. The first-order valence-electron chi connectivity index (χ1n) is 6.06. The molecule has 1 amide bonds. The molecule has 1 aromatic rings. The Morgan fingerprint density at radius 2 is 2.35 bits per heavy atom. The number of nitrogens with one attached hydrogen (secondary N) is 1. The van der Waals surface area contributed by atoms with E-state index >= 15 is 0 Å². The van der Waals surface area contributed by atoms with Crippen LogP contribution in [-0.4, -0.2) is 24.7 Å². The number of hydrogen-bond donors (Lipinski definition) is 1. The molecule has 4 heteroatoms. The van der Waals surface area contributed by atoms with Crippen LogP contribution in [0.15, 0.2) is 5.38 Å². The van der Waals surface area contributed by atoms with E-state index in [1.54, 1.807) is 11.3 Å². The van der Waals surface area contributed by atoms with Gasteiger partial charge in [0, 0.05) is 16.9 Å². The van der Waals surface area contributed by atoms with Crippen molar-refractivity contribution in [2.75, 3.05) is 6.61 Å². The summed E-state index contributed by atoms with van der Waals surface area (Å²) in [6.45, 7) is 6.88. The zero-order valence-electron chi connectivity index (χ0n) is 10.6. The van der Waals surface area contributed by atoms with Crippen molar-refractivity contribution in [1.29, 1.82) is 0 Å². The number of thiophene rings is 1. The summed E-state index contributed by atoms with van der Waals surface area (Å²) in [5.41, 5.74) is 1.89. The smallest absolute Gasteiger partial charge is 0.252 e. The Hall–Kier alpha value is -0.870. The van der Waals surface area contributed by atoms with Gasteiger partial charge in [0.1, 0.15) is 0 Å². The third-order valence-electron chi connectivity index (χ3n) is 3.41. The molecule has 0 spiro atoms. The van der Waals surface area contributed by atoms with Gasteiger partial charge in [-0.05, 0) is 39.2 Å². The van der Waals surface area contributed by atoms with E-state index in [-0.39, 0.29) is 18.1 Å². The largest absolute Gasteiger partial charge is 0.376 e. The highest BCUT2D eigenvalue weighted by molar-refractivity contribution is 7.10. The normalized spacial score (nSPS) is 21.5. The summed E-state index contributed by atoms with van der Waals surface area (Å²) in [6, 6.07) is 0.0876. The van der Waals surface area contributed by atoms with Crippen LogP contribution in [0.1, 0.15) is 40.6 Å². The number of amides is 1. The van der Waals surface area contributed by atoms with E-state index in [4.69, 9.17) is 4.74 Å². The zero-order chi connectivity index (χ0) is 12.4. The molecule has 1 aliphatic rings. The van der Waals surface area contributed by atoms with Gasteiger partial charge in [0.15, 0.2) is 0 Å². The predicted molar refractivity (Wildman–Crippen MR) is 69.7 cm³/mol. The molecule has 1 N–H and O–H groups in total. The third-order valence-corrected chi connectivity index (χ3v) is 4.42. The Bertz CT molecular complexity index is 408. The highest BCUT2D eigenvalue weighted by atomic mass is 32.1. The van der Waals surface area contributed by atoms with Gasteiger partial charge in [0.05, 0.1) is 17.7 Å². The summed E-state index contributed by atoms with van der Waals surface area (Å²) in [6.07, 6.45) is 2.32. The van der Waals surface area contributed by atoms with Crippen LogP contribution in [0.2, 0.25) is 0 Å². The fourth-order valence-electron chi connectivity index (χ4n) is 2.11. The van der Waals surface area contributed by atoms with Crippen LogP contribution in [0.25, 0.3) is 0 Å². The van der Waals surface area contributed by atoms with Crippen LogP contribution in [0, 0.1) is 13.8 Å². The van der Waals surface area contributed by atoms with Crippen LogP contribution < -0.4 is 5.32 Å². The quantitative estimate of drug-likeness (QED) is 0.899. The Labute approximate surface area is 106 Å². The molecule has 3 nitrogen and oxygen atoms in total. The molecule has 1 fully saturated rings. The Balaban J connectivity index is 1.99. The first-order chi connectivity index (χ1) is 8.09. The lowest BCUT2D eigenvalue weighted by atomic mass is 10.1. The lowest BCUT2D eigenvalue weighted by Gasteiger charge is -2.19. The third kappa shape index (κ3) is 2.69. The highest BCUT2D eigenvalue weighted by Crippen LogP contribution is 2.21. The molecule has 2 rings (SSSR count). The topological polar surface area (TPSA) is 38.3 Å². The van der Waals surface area contributed by atoms with Crippen LogP contribution in [-0.2, 0) is 4.74 Å². The minimum Gasteiger partial charge on any atom is -0.376 e. The SMILES string of the molecule is Cc1scc(C(=O)NC(C)C2CCCO2)c1C. The molecule has 2 unspecified atom stereocenters. The molecule has 0 bridgehead atoms. The van der Waals surface area contributed by atoms with Gasteiger partial charge in [0.2, 0.25) is 0 Å². The second-order valence-corrected chi connectivity index (χ2v) is 5.73. The minimum atomic E-state index is 0.0230. The first kappa shape index (κ1) is 12.6. The molecular formula is C13H19NO2S.